The number of rotatable bonds is 5. The van der Waals surface area contributed by atoms with E-state index in [1.54, 1.807) is 12.4 Å². The zero-order chi connectivity index (χ0) is 17.8. The number of nitrogens with zero attached hydrogens (tertiary/aromatic N) is 5. The molecule has 0 spiro atoms. The van der Waals surface area contributed by atoms with Crippen LogP contribution >= 0.6 is 0 Å². The minimum Gasteiger partial charge on any atom is -0.368 e. The lowest BCUT2D eigenvalue weighted by Gasteiger charge is -2.32. The molecule has 0 aromatic carbocycles. The van der Waals surface area contributed by atoms with Crippen LogP contribution in [0.5, 0.6) is 0 Å². The summed E-state index contributed by atoms with van der Waals surface area (Å²) in [5.74, 6) is 2.22. The number of aromatic nitrogens is 4. The van der Waals surface area contributed by atoms with Crippen molar-refractivity contribution in [3.05, 3.63) is 42.0 Å². The normalized spacial score (nSPS) is 17.9. The quantitative estimate of drug-likeness (QED) is 0.831. The Balaban J connectivity index is 1.59. The first-order valence-electron chi connectivity index (χ1n) is 8.74. The molecule has 1 fully saturated rings. The van der Waals surface area contributed by atoms with Gasteiger partial charge in [0.2, 0.25) is 5.91 Å². The van der Waals surface area contributed by atoms with Crippen molar-refractivity contribution >= 4 is 5.91 Å². The van der Waals surface area contributed by atoms with Crippen molar-refractivity contribution in [2.75, 3.05) is 19.7 Å². The molecule has 1 aliphatic heterocycles. The van der Waals surface area contributed by atoms with Crippen LogP contribution in [-0.2, 0) is 16.1 Å². The molecule has 134 valence electrons. The summed E-state index contributed by atoms with van der Waals surface area (Å²) in [5, 5.41) is 0. The van der Waals surface area contributed by atoms with E-state index in [0.29, 0.717) is 44.4 Å². The molecule has 0 bridgehead atoms. The molecule has 0 aliphatic carbocycles. The van der Waals surface area contributed by atoms with Gasteiger partial charge in [-0.15, -0.1) is 0 Å². The van der Waals surface area contributed by atoms with Crippen LogP contribution in [0, 0.1) is 6.92 Å². The number of hydrogen-bond donors (Lipinski definition) is 0. The molecule has 0 radical (unpaired) electrons. The number of carbonyl (C=O) groups is 1. The standard InChI is InChI=1S/C18H25N5O2/c1-13(2)18-20-7-9-22(18)8-5-17(24)23-10-11-25-16(12-23)15-4-6-19-14(3)21-15/h4,6-7,9,13,16H,5,8,10-12H2,1-3H3/t16-/m0/s1. The van der Waals surface area contributed by atoms with Gasteiger partial charge < -0.3 is 14.2 Å². The highest BCUT2D eigenvalue weighted by Gasteiger charge is 2.26. The Morgan fingerprint density at radius 1 is 1.36 bits per heavy atom. The largest absolute Gasteiger partial charge is 0.368 e. The Morgan fingerprint density at radius 3 is 2.96 bits per heavy atom. The van der Waals surface area contributed by atoms with Gasteiger partial charge in [-0.2, -0.15) is 0 Å². The van der Waals surface area contributed by atoms with E-state index >= 15 is 0 Å². The number of aryl methyl sites for hydroxylation is 2. The second-order valence-electron chi connectivity index (χ2n) is 6.61. The zero-order valence-electron chi connectivity index (χ0n) is 15.1. The molecule has 1 aliphatic rings. The Bertz CT molecular complexity index is 728. The molecule has 1 amide bonds. The van der Waals surface area contributed by atoms with Gasteiger partial charge in [0.15, 0.2) is 0 Å². The number of morpholine rings is 1. The van der Waals surface area contributed by atoms with Crippen molar-refractivity contribution in [1.82, 2.24) is 24.4 Å². The summed E-state index contributed by atoms with van der Waals surface area (Å²) in [5.41, 5.74) is 0.835. The third-order valence-electron chi connectivity index (χ3n) is 4.38. The van der Waals surface area contributed by atoms with Crippen LogP contribution in [0.2, 0.25) is 0 Å². The van der Waals surface area contributed by atoms with Crippen LogP contribution in [-0.4, -0.2) is 50.0 Å². The number of hydrogen-bond acceptors (Lipinski definition) is 5. The van der Waals surface area contributed by atoms with Gasteiger partial charge in [0.1, 0.15) is 17.8 Å². The molecule has 7 nitrogen and oxygen atoms in total. The van der Waals surface area contributed by atoms with Crippen LogP contribution in [0.15, 0.2) is 24.7 Å². The molecule has 1 atom stereocenters. The molecular weight excluding hydrogens is 318 g/mol. The van der Waals surface area contributed by atoms with E-state index in [-0.39, 0.29) is 12.0 Å². The Hall–Kier alpha value is -2.28. The average Bonchev–Trinajstić information content (AvgIpc) is 3.09. The van der Waals surface area contributed by atoms with Crippen molar-refractivity contribution in [3.63, 3.8) is 0 Å². The predicted octanol–water partition coefficient (Wildman–Crippen LogP) is 2.10. The molecular formula is C18H25N5O2. The second-order valence-corrected chi connectivity index (χ2v) is 6.61. The maximum atomic E-state index is 12.6. The minimum atomic E-state index is -0.182. The third-order valence-corrected chi connectivity index (χ3v) is 4.38. The fourth-order valence-corrected chi connectivity index (χ4v) is 3.09. The lowest BCUT2D eigenvalue weighted by Crippen LogP contribution is -2.42. The Kier molecular flexibility index (Phi) is 5.43. The van der Waals surface area contributed by atoms with Gasteiger partial charge in [0, 0.05) is 44.0 Å². The summed E-state index contributed by atoms with van der Waals surface area (Å²) < 4.78 is 7.86. The molecule has 0 N–H and O–H groups in total. The highest BCUT2D eigenvalue weighted by molar-refractivity contribution is 5.76. The number of imidazole rings is 1. The summed E-state index contributed by atoms with van der Waals surface area (Å²) in [6, 6.07) is 1.85. The van der Waals surface area contributed by atoms with Crippen LogP contribution in [0.1, 0.15) is 49.6 Å². The van der Waals surface area contributed by atoms with Crippen molar-refractivity contribution in [3.8, 4) is 0 Å². The average molecular weight is 343 g/mol. The van der Waals surface area contributed by atoms with E-state index < -0.39 is 0 Å². The van der Waals surface area contributed by atoms with E-state index in [2.05, 4.69) is 33.4 Å². The molecule has 2 aromatic heterocycles. The fourth-order valence-electron chi connectivity index (χ4n) is 3.09. The van der Waals surface area contributed by atoms with Crippen molar-refractivity contribution in [2.24, 2.45) is 0 Å². The molecule has 25 heavy (non-hydrogen) atoms. The molecule has 3 heterocycles. The van der Waals surface area contributed by atoms with E-state index in [1.165, 1.54) is 0 Å². The van der Waals surface area contributed by atoms with Gasteiger partial charge in [0.05, 0.1) is 18.8 Å². The van der Waals surface area contributed by atoms with Gasteiger partial charge in [-0.05, 0) is 13.0 Å². The minimum absolute atomic E-state index is 0.141. The molecule has 7 heteroatoms. The van der Waals surface area contributed by atoms with Gasteiger partial charge in [0.25, 0.3) is 0 Å². The fraction of sp³-hybridized carbons (Fsp3) is 0.556. The van der Waals surface area contributed by atoms with Crippen LogP contribution in [0.3, 0.4) is 0 Å². The summed E-state index contributed by atoms with van der Waals surface area (Å²) in [6.45, 7) is 8.42. The van der Waals surface area contributed by atoms with Crippen molar-refractivity contribution in [1.29, 1.82) is 0 Å². The monoisotopic (exact) mass is 343 g/mol. The molecule has 3 rings (SSSR count). The maximum absolute atomic E-state index is 12.6. The summed E-state index contributed by atoms with van der Waals surface area (Å²) in [7, 11) is 0. The summed E-state index contributed by atoms with van der Waals surface area (Å²) in [4.78, 5) is 27.4. The zero-order valence-corrected chi connectivity index (χ0v) is 15.1. The van der Waals surface area contributed by atoms with Gasteiger partial charge in [-0.1, -0.05) is 13.8 Å². The lowest BCUT2D eigenvalue weighted by molar-refractivity contribution is -0.139. The van der Waals surface area contributed by atoms with E-state index in [1.807, 2.05) is 24.1 Å². The van der Waals surface area contributed by atoms with Crippen molar-refractivity contribution in [2.45, 2.75) is 45.8 Å². The van der Waals surface area contributed by atoms with Crippen LogP contribution in [0.25, 0.3) is 0 Å². The molecule has 0 unspecified atom stereocenters. The first-order valence-corrected chi connectivity index (χ1v) is 8.74. The van der Waals surface area contributed by atoms with Gasteiger partial charge >= 0.3 is 0 Å². The van der Waals surface area contributed by atoms with E-state index in [4.69, 9.17) is 4.74 Å². The number of carbonyl (C=O) groups excluding carboxylic acids is 1. The Labute approximate surface area is 148 Å². The van der Waals surface area contributed by atoms with Gasteiger partial charge in [-0.3, -0.25) is 4.79 Å². The lowest BCUT2D eigenvalue weighted by atomic mass is 10.2. The van der Waals surface area contributed by atoms with E-state index in [0.717, 1.165) is 11.5 Å². The highest BCUT2D eigenvalue weighted by atomic mass is 16.5. The summed E-state index contributed by atoms with van der Waals surface area (Å²) in [6.07, 6.45) is 5.75. The highest BCUT2D eigenvalue weighted by Crippen LogP contribution is 2.21. The van der Waals surface area contributed by atoms with Crippen LogP contribution < -0.4 is 0 Å². The van der Waals surface area contributed by atoms with Crippen molar-refractivity contribution < 1.29 is 9.53 Å². The second kappa shape index (κ2) is 7.74. The molecule has 1 saturated heterocycles. The molecule has 2 aromatic rings. The topological polar surface area (TPSA) is 73.1 Å². The smallest absolute Gasteiger partial charge is 0.224 e. The first kappa shape index (κ1) is 17.5. The SMILES string of the molecule is Cc1nccc([C@@H]2CN(C(=O)CCn3ccnc3C(C)C)CCO2)n1. The number of amides is 1. The first-order chi connectivity index (χ1) is 12.0. The predicted molar refractivity (Wildman–Crippen MR) is 93.0 cm³/mol. The number of ether oxygens (including phenoxy) is 1. The maximum Gasteiger partial charge on any atom is 0.224 e. The van der Waals surface area contributed by atoms with Crippen LogP contribution in [0.4, 0.5) is 0 Å². The van der Waals surface area contributed by atoms with Gasteiger partial charge in [-0.25, -0.2) is 15.0 Å². The molecule has 0 saturated carbocycles. The summed E-state index contributed by atoms with van der Waals surface area (Å²) >= 11 is 0. The Morgan fingerprint density at radius 2 is 2.20 bits per heavy atom. The van der Waals surface area contributed by atoms with E-state index in [9.17, 15) is 4.79 Å². The third kappa shape index (κ3) is 4.22.